The molecule has 1 unspecified atom stereocenters. The van der Waals surface area contributed by atoms with Crippen LogP contribution < -0.4 is 0 Å². The molecule has 3 aliphatic heterocycles. The van der Waals surface area contributed by atoms with Gasteiger partial charge in [-0.05, 0) is 14.1 Å². The average Bonchev–Trinajstić information content (AvgIpc) is 2.30. The molecule has 2 bridgehead atoms. The highest BCUT2D eigenvalue weighted by Crippen LogP contribution is 2.17. The molecule has 0 N–H and O–H groups in total. The number of fused-ring (bicyclic) bond motifs is 2. The minimum Gasteiger partial charge on any atom is -0.463 e. The molecule has 0 aliphatic carbocycles. The van der Waals surface area contributed by atoms with Crippen molar-refractivity contribution in [2.24, 2.45) is 0 Å². The first kappa shape index (κ1) is 11.3. The van der Waals surface area contributed by atoms with Crippen LogP contribution >= 0.6 is 0 Å². The fourth-order valence-corrected chi connectivity index (χ4v) is 1.95. The zero-order chi connectivity index (χ0) is 11.5. The lowest BCUT2D eigenvalue weighted by Crippen LogP contribution is -2.56. The molecule has 5 nitrogen and oxygen atoms in total. The van der Waals surface area contributed by atoms with Crippen LogP contribution in [0.5, 0.6) is 0 Å². The van der Waals surface area contributed by atoms with Crippen molar-refractivity contribution in [3.05, 3.63) is 12.4 Å². The molecule has 0 aromatic carbocycles. The Kier molecular flexibility index (Phi) is 3.33. The van der Waals surface area contributed by atoms with E-state index in [-0.39, 0.29) is 12.0 Å². The molecule has 1 saturated heterocycles. The molecular formula is C11H19N3O2. The molecule has 0 spiro atoms. The highest BCUT2D eigenvalue weighted by atomic mass is 16.5. The third kappa shape index (κ3) is 2.47. The number of nitrogens with zero attached hydrogens (tertiary/aromatic N) is 3. The maximum Gasteiger partial charge on any atom is 0.330 e. The van der Waals surface area contributed by atoms with Gasteiger partial charge in [0.1, 0.15) is 12.6 Å². The van der Waals surface area contributed by atoms with Gasteiger partial charge in [-0.25, -0.2) is 4.79 Å². The van der Waals surface area contributed by atoms with E-state index in [1.165, 1.54) is 0 Å². The number of carbonyl (C=O) groups excluding carboxylic acids is 1. The van der Waals surface area contributed by atoms with E-state index in [1.807, 2.05) is 31.4 Å². The highest BCUT2D eigenvalue weighted by Gasteiger charge is 2.33. The van der Waals surface area contributed by atoms with E-state index in [1.54, 1.807) is 0 Å². The van der Waals surface area contributed by atoms with Gasteiger partial charge < -0.3 is 19.4 Å². The Labute approximate surface area is 96.2 Å². The first-order valence-corrected chi connectivity index (χ1v) is 5.66. The van der Waals surface area contributed by atoms with E-state index >= 15 is 0 Å². The summed E-state index contributed by atoms with van der Waals surface area (Å²) < 4.78 is 5.26. The van der Waals surface area contributed by atoms with E-state index in [2.05, 4.69) is 9.80 Å². The fraction of sp³-hybridized carbons (Fsp3) is 0.727. The smallest absolute Gasteiger partial charge is 0.330 e. The molecule has 1 atom stereocenters. The number of carbonyl (C=O) groups is 1. The van der Waals surface area contributed by atoms with Gasteiger partial charge in [-0.3, -0.25) is 0 Å². The molecule has 0 aromatic rings. The SMILES string of the molecule is CN(C)CCOC(=O)C1CN2C=CN1CC2. The topological polar surface area (TPSA) is 36.0 Å². The minimum absolute atomic E-state index is 0.101. The number of esters is 1. The quantitative estimate of drug-likeness (QED) is 0.606. The standard InChI is InChI=1S/C11H19N3O2/c1-12(2)7-8-16-11(15)10-9-13-3-5-14(10)6-4-13/h3,5,10H,4,6-9H2,1-2H3. The summed E-state index contributed by atoms with van der Waals surface area (Å²) in [5.74, 6) is -0.101. The van der Waals surface area contributed by atoms with E-state index < -0.39 is 0 Å². The van der Waals surface area contributed by atoms with Crippen LogP contribution in [0.25, 0.3) is 0 Å². The van der Waals surface area contributed by atoms with Gasteiger partial charge in [0, 0.05) is 38.6 Å². The predicted molar refractivity (Wildman–Crippen MR) is 60.7 cm³/mol. The Bertz CT molecular complexity index is 291. The third-order valence-electron chi connectivity index (χ3n) is 2.98. The van der Waals surface area contributed by atoms with Crippen molar-refractivity contribution < 1.29 is 9.53 Å². The summed E-state index contributed by atoms with van der Waals surface area (Å²) >= 11 is 0. The second-order valence-corrected chi connectivity index (χ2v) is 4.52. The van der Waals surface area contributed by atoms with Crippen molar-refractivity contribution in [3.8, 4) is 0 Å². The molecule has 0 aromatic heterocycles. The summed E-state index contributed by atoms with van der Waals surface area (Å²) in [6.07, 6.45) is 4.01. The predicted octanol–water partition coefficient (Wildman–Crippen LogP) is -0.438. The highest BCUT2D eigenvalue weighted by molar-refractivity contribution is 5.76. The monoisotopic (exact) mass is 225 g/mol. The summed E-state index contributed by atoms with van der Waals surface area (Å²) in [4.78, 5) is 18.1. The van der Waals surface area contributed by atoms with Crippen LogP contribution in [0.2, 0.25) is 0 Å². The van der Waals surface area contributed by atoms with Crippen LogP contribution in [0.1, 0.15) is 0 Å². The van der Waals surface area contributed by atoms with Gasteiger partial charge in [-0.15, -0.1) is 0 Å². The molecular weight excluding hydrogens is 206 g/mol. The van der Waals surface area contributed by atoms with Crippen molar-refractivity contribution >= 4 is 5.97 Å². The lowest BCUT2D eigenvalue weighted by molar-refractivity contribution is -0.151. The van der Waals surface area contributed by atoms with E-state index in [4.69, 9.17) is 4.74 Å². The lowest BCUT2D eigenvalue weighted by atomic mass is 10.1. The van der Waals surface area contributed by atoms with Gasteiger partial charge in [0.25, 0.3) is 0 Å². The molecule has 0 radical (unpaired) electrons. The third-order valence-corrected chi connectivity index (χ3v) is 2.98. The zero-order valence-electron chi connectivity index (χ0n) is 9.93. The first-order chi connectivity index (χ1) is 7.66. The lowest BCUT2D eigenvalue weighted by Gasteiger charge is -2.43. The molecule has 1 fully saturated rings. The van der Waals surface area contributed by atoms with Crippen LogP contribution in [0.15, 0.2) is 12.4 Å². The maximum atomic E-state index is 11.8. The Balaban J connectivity index is 1.80. The Morgan fingerprint density at radius 1 is 1.44 bits per heavy atom. The van der Waals surface area contributed by atoms with Crippen molar-refractivity contribution in [2.45, 2.75) is 6.04 Å². The van der Waals surface area contributed by atoms with Gasteiger partial charge >= 0.3 is 5.97 Å². The van der Waals surface area contributed by atoms with Crippen LogP contribution in [-0.4, -0.2) is 73.6 Å². The molecule has 3 rings (SSSR count). The number of likely N-dealkylation sites (N-methyl/N-ethyl adjacent to an activating group) is 1. The molecule has 3 heterocycles. The van der Waals surface area contributed by atoms with Crippen LogP contribution in [-0.2, 0) is 9.53 Å². The largest absolute Gasteiger partial charge is 0.463 e. The summed E-state index contributed by atoms with van der Waals surface area (Å²) in [7, 11) is 3.93. The van der Waals surface area contributed by atoms with E-state index in [9.17, 15) is 4.79 Å². The van der Waals surface area contributed by atoms with Gasteiger partial charge in [0.2, 0.25) is 0 Å². The van der Waals surface area contributed by atoms with Crippen molar-refractivity contribution in [1.82, 2.24) is 14.7 Å². The summed E-state index contributed by atoms with van der Waals surface area (Å²) in [6, 6.07) is -0.110. The van der Waals surface area contributed by atoms with Gasteiger partial charge in [0.05, 0.1) is 0 Å². The van der Waals surface area contributed by atoms with Gasteiger partial charge in [0.15, 0.2) is 0 Å². The van der Waals surface area contributed by atoms with Crippen molar-refractivity contribution in [3.63, 3.8) is 0 Å². The Hall–Kier alpha value is -1.23. The van der Waals surface area contributed by atoms with E-state index in [0.717, 1.165) is 26.2 Å². The first-order valence-electron chi connectivity index (χ1n) is 5.66. The normalized spacial score (nSPS) is 23.1. The van der Waals surface area contributed by atoms with Crippen molar-refractivity contribution in [2.75, 3.05) is 46.9 Å². The fourth-order valence-electron chi connectivity index (χ4n) is 1.95. The number of ether oxygens (including phenoxy) is 1. The second-order valence-electron chi connectivity index (χ2n) is 4.52. The summed E-state index contributed by atoms with van der Waals surface area (Å²) in [5.41, 5.74) is 0. The van der Waals surface area contributed by atoms with E-state index in [0.29, 0.717) is 6.61 Å². The maximum absolute atomic E-state index is 11.8. The molecule has 16 heavy (non-hydrogen) atoms. The van der Waals surface area contributed by atoms with Crippen LogP contribution in [0.4, 0.5) is 0 Å². The number of hydrogen-bond donors (Lipinski definition) is 0. The van der Waals surface area contributed by atoms with Crippen molar-refractivity contribution in [1.29, 1.82) is 0 Å². The van der Waals surface area contributed by atoms with Gasteiger partial charge in [-0.1, -0.05) is 0 Å². The van der Waals surface area contributed by atoms with Crippen LogP contribution in [0.3, 0.4) is 0 Å². The number of hydrogen-bond acceptors (Lipinski definition) is 5. The number of piperazine rings is 1. The molecule has 90 valence electrons. The number of rotatable bonds is 4. The summed E-state index contributed by atoms with van der Waals surface area (Å²) in [6.45, 7) is 3.94. The molecule has 3 aliphatic rings. The van der Waals surface area contributed by atoms with Crippen LogP contribution in [0, 0.1) is 0 Å². The molecule has 5 heteroatoms. The van der Waals surface area contributed by atoms with Gasteiger partial charge in [-0.2, -0.15) is 0 Å². The Morgan fingerprint density at radius 2 is 2.25 bits per heavy atom. The molecule has 0 saturated carbocycles. The molecule has 0 amide bonds. The zero-order valence-corrected chi connectivity index (χ0v) is 9.93. The minimum atomic E-state index is -0.110. The Morgan fingerprint density at radius 3 is 2.75 bits per heavy atom. The second kappa shape index (κ2) is 4.74. The summed E-state index contributed by atoms with van der Waals surface area (Å²) in [5, 5.41) is 0. The average molecular weight is 225 g/mol.